The highest BCUT2D eigenvalue weighted by Crippen LogP contribution is 2.45. The lowest BCUT2D eigenvalue weighted by atomic mass is 9.80. The average Bonchev–Trinajstić information content (AvgIpc) is 2.68. The molecule has 0 aliphatic heterocycles. The van der Waals surface area contributed by atoms with Crippen molar-refractivity contribution in [1.29, 1.82) is 0 Å². The first-order valence-corrected chi connectivity index (χ1v) is 7.44. The van der Waals surface area contributed by atoms with Crippen molar-refractivity contribution < 1.29 is 0 Å². The summed E-state index contributed by atoms with van der Waals surface area (Å²) in [6, 6.07) is 12.7. The zero-order valence-corrected chi connectivity index (χ0v) is 12.9. The van der Waals surface area contributed by atoms with Crippen LogP contribution in [0.3, 0.4) is 0 Å². The molecule has 0 N–H and O–H groups in total. The van der Waals surface area contributed by atoms with E-state index in [1.54, 1.807) is 0 Å². The Balaban J connectivity index is 2.39. The van der Waals surface area contributed by atoms with Crippen molar-refractivity contribution in [3.8, 4) is 0 Å². The summed E-state index contributed by atoms with van der Waals surface area (Å²) in [5.74, 6) is 0. The van der Waals surface area contributed by atoms with Gasteiger partial charge in [-0.15, -0.1) is 22.9 Å². The Morgan fingerprint density at radius 1 is 1.11 bits per heavy atom. The molecule has 0 saturated carbocycles. The summed E-state index contributed by atoms with van der Waals surface area (Å²) in [6.07, 6.45) is 0. The third-order valence-corrected chi connectivity index (χ3v) is 5.57. The molecule has 0 radical (unpaired) electrons. The van der Waals surface area contributed by atoms with Gasteiger partial charge in [0.2, 0.25) is 0 Å². The quantitative estimate of drug-likeness (QED) is 0.639. The van der Waals surface area contributed by atoms with Crippen LogP contribution in [-0.4, -0.2) is 0 Å². The maximum Gasteiger partial charge on any atom is 0.0772 e. The number of hydrogen-bond donors (Lipinski definition) is 0. The van der Waals surface area contributed by atoms with Crippen LogP contribution in [0.4, 0.5) is 0 Å². The Morgan fingerprint density at radius 2 is 1.72 bits per heavy atom. The van der Waals surface area contributed by atoms with Gasteiger partial charge in [-0.05, 0) is 31.0 Å². The SMILES string of the molecule is Cc1cc(C)c(C(Cl)C(C)(C)c2ccccc2)s1. The minimum absolute atomic E-state index is 0.0126. The molecule has 2 rings (SSSR count). The molecule has 0 saturated heterocycles. The standard InChI is InChI=1S/C16H19ClS/c1-11-10-12(2)18-14(11)15(17)16(3,4)13-8-6-5-7-9-13/h5-10,15H,1-4H3. The predicted octanol–water partition coefficient (Wildman–Crippen LogP) is 5.62. The maximum atomic E-state index is 6.76. The Morgan fingerprint density at radius 3 is 2.22 bits per heavy atom. The summed E-state index contributed by atoms with van der Waals surface area (Å²) in [5, 5.41) is 0.0126. The second-order valence-electron chi connectivity index (χ2n) is 5.35. The predicted molar refractivity (Wildman–Crippen MR) is 81.9 cm³/mol. The molecule has 0 aliphatic carbocycles. The van der Waals surface area contributed by atoms with Crippen LogP contribution in [0.15, 0.2) is 36.4 Å². The topological polar surface area (TPSA) is 0 Å². The first kappa shape index (κ1) is 13.6. The van der Waals surface area contributed by atoms with Gasteiger partial charge in [-0.3, -0.25) is 0 Å². The zero-order valence-electron chi connectivity index (χ0n) is 11.3. The Kier molecular flexibility index (Phi) is 3.84. The molecule has 1 heterocycles. The van der Waals surface area contributed by atoms with E-state index >= 15 is 0 Å². The Hall–Kier alpha value is -0.790. The van der Waals surface area contributed by atoms with Crippen molar-refractivity contribution in [2.75, 3.05) is 0 Å². The van der Waals surface area contributed by atoms with Crippen molar-refractivity contribution in [2.24, 2.45) is 0 Å². The third kappa shape index (κ3) is 2.48. The molecule has 1 unspecified atom stereocenters. The average molecular weight is 279 g/mol. The van der Waals surface area contributed by atoms with Gasteiger partial charge in [-0.1, -0.05) is 44.2 Å². The fraction of sp³-hybridized carbons (Fsp3) is 0.375. The van der Waals surface area contributed by atoms with E-state index in [-0.39, 0.29) is 10.8 Å². The molecule has 2 aromatic rings. The fourth-order valence-electron chi connectivity index (χ4n) is 2.25. The molecule has 0 amide bonds. The summed E-state index contributed by atoms with van der Waals surface area (Å²) in [6.45, 7) is 8.72. The van der Waals surface area contributed by atoms with E-state index < -0.39 is 0 Å². The minimum Gasteiger partial charge on any atom is -0.144 e. The third-order valence-electron chi connectivity index (χ3n) is 3.46. The van der Waals surface area contributed by atoms with Crippen LogP contribution in [0, 0.1) is 13.8 Å². The highest BCUT2D eigenvalue weighted by Gasteiger charge is 2.32. The molecule has 96 valence electrons. The van der Waals surface area contributed by atoms with Crippen LogP contribution in [0.5, 0.6) is 0 Å². The summed E-state index contributed by atoms with van der Waals surface area (Å²) in [5.41, 5.74) is 2.53. The number of benzene rings is 1. The molecule has 1 aromatic carbocycles. The molecule has 2 heteroatoms. The number of hydrogen-bond acceptors (Lipinski definition) is 1. The van der Waals surface area contributed by atoms with E-state index in [9.17, 15) is 0 Å². The van der Waals surface area contributed by atoms with E-state index in [0.29, 0.717) is 0 Å². The molecule has 0 aliphatic rings. The van der Waals surface area contributed by atoms with Gasteiger partial charge < -0.3 is 0 Å². The summed E-state index contributed by atoms with van der Waals surface area (Å²) >= 11 is 8.57. The van der Waals surface area contributed by atoms with Crippen molar-refractivity contribution in [1.82, 2.24) is 0 Å². The summed E-state index contributed by atoms with van der Waals surface area (Å²) in [4.78, 5) is 2.63. The smallest absolute Gasteiger partial charge is 0.0772 e. The maximum absolute atomic E-state index is 6.76. The van der Waals surface area contributed by atoms with Gasteiger partial charge in [0.25, 0.3) is 0 Å². The van der Waals surface area contributed by atoms with Crippen molar-refractivity contribution in [2.45, 2.75) is 38.5 Å². The van der Waals surface area contributed by atoms with Gasteiger partial charge in [-0.2, -0.15) is 0 Å². The van der Waals surface area contributed by atoms with Gasteiger partial charge in [0.05, 0.1) is 5.38 Å². The van der Waals surface area contributed by atoms with Crippen molar-refractivity contribution in [3.05, 3.63) is 57.3 Å². The second kappa shape index (κ2) is 5.07. The lowest BCUT2D eigenvalue weighted by Gasteiger charge is -2.30. The zero-order chi connectivity index (χ0) is 13.3. The number of thiophene rings is 1. The van der Waals surface area contributed by atoms with Gasteiger partial charge >= 0.3 is 0 Å². The fourth-order valence-corrected chi connectivity index (χ4v) is 3.89. The number of alkyl halides is 1. The Bertz CT molecular complexity index is 525. The molecule has 1 atom stereocenters. The molecular weight excluding hydrogens is 260 g/mol. The molecule has 0 fully saturated rings. The van der Waals surface area contributed by atoms with E-state index in [0.717, 1.165) is 0 Å². The van der Waals surface area contributed by atoms with Gasteiger partial charge in [0.15, 0.2) is 0 Å². The van der Waals surface area contributed by atoms with Crippen LogP contribution >= 0.6 is 22.9 Å². The van der Waals surface area contributed by atoms with E-state index in [4.69, 9.17) is 11.6 Å². The number of rotatable bonds is 3. The van der Waals surface area contributed by atoms with E-state index in [1.807, 2.05) is 17.4 Å². The summed E-state index contributed by atoms with van der Waals surface area (Å²) in [7, 11) is 0. The monoisotopic (exact) mass is 278 g/mol. The van der Waals surface area contributed by atoms with Crippen LogP contribution in [0.25, 0.3) is 0 Å². The Labute approximate surface area is 119 Å². The van der Waals surface area contributed by atoms with Gasteiger partial charge in [-0.25, -0.2) is 0 Å². The molecule has 18 heavy (non-hydrogen) atoms. The largest absolute Gasteiger partial charge is 0.144 e. The number of halogens is 1. The van der Waals surface area contributed by atoms with Crippen LogP contribution in [0.1, 0.15) is 40.1 Å². The first-order chi connectivity index (χ1) is 8.43. The van der Waals surface area contributed by atoms with Crippen LogP contribution in [0.2, 0.25) is 0 Å². The van der Waals surface area contributed by atoms with Crippen molar-refractivity contribution >= 4 is 22.9 Å². The van der Waals surface area contributed by atoms with Gasteiger partial charge in [0.1, 0.15) is 0 Å². The highest BCUT2D eigenvalue weighted by atomic mass is 35.5. The van der Waals surface area contributed by atoms with Crippen LogP contribution in [-0.2, 0) is 5.41 Å². The number of aryl methyl sites for hydroxylation is 2. The van der Waals surface area contributed by atoms with Crippen LogP contribution < -0.4 is 0 Å². The van der Waals surface area contributed by atoms with Crippen molar-refractivity contribution in [3.63, 3.8) is 0 Å². The van der Waals surface area contributed by atoms with Gasteiger partial charge in [0, 0.05) is 15.2 Å². The lowest BCUT2D eigenvalue weighted by molar-refractivity contribution is 0.508. The second-order valence-corrected chi connectivity index (χ2v) is 7.08. The molecule has 1 aromatic heterocycles. The minimum atomic E-state index is -0.0646. The first-order valence-electron chi connectivity index (χ1n) is 6.19. The molecule has 0 spiro atoms. The lowest BCUT2D eigenvalue weighted by Crippen LogP contribution is -2.23. The molecular formula is C16H19ClS. The summed E-state index contributed by atoms with van der Waals surface area (Å²) < 4.78 is 0. The van der Waals surface area contributed by atoms with E-state index in [1.165, 1.54) is 20.9 Å². The normalized spacial score (nSPS) is 13.6. The highest BCUT2D eigenvalue weighted by molar-refractivity contribution is 7.12. The molecule has 0 bridgehead atoms. The molecule has 0 nitrogen and oxygen atoms in total. The van der Waals surface area contributed by atoms with E-state index in [2.05, 4.69) is 58.0 Å².